The van der Waals surface area contributed by atoms with Gasteiger partial charge in [0.15, 0.2) is 0 Å². The number of aryl methyl sites for hydroxylation is 2. The normalized spacial score (nSPS) is 18.4. The monoisotopic (exact) mass is 519 g/mol. The number of amides is 1. The first-order valence-corrected chi connectivity index (χ1v) is 14.0. The Kier molecular flexibility index (Phi) is 6.86. The number of fused-ring (bicyclic) bond motifs is 3. The Balaban J connectivity index is 1.28. The Morgan fingerprint density at radius 1 is 0.897 bits per heavy atom. The number of hydrogen-bond donors (Lipinski definition) is 1. The van der Waals surface area contributed by atoms with Crippen molar-refractivity contribution in [2.75, 3.05) is 13.1 Å². The van der Waals surface area contributed by atoms with Gasteiger partial charge in [-0.25, -0.2) is 9.97 Å². The Morgan fingerprint density at radius 3 is 2.56 bits per heavy atom. The first-order valence-electron chi connectivity index (χ1n) is 14.0. The fourth-order valence-electron chi connectivity index (χ4n) is 6.45. The second-order valence-corrected chi connectivity index (χ2v) is 11.0. The molecule has 198 valence electrons. The third-order valence-corrected chi connectivity index (χ3v) is 8.42. The third kappa shape index (κ3) is 5.03. The molecule has 1 saturated heterocycles. The molecule has 39 heavy (non-hydrogen) atoms. The minimum Gasteiger partial charge on any atom is -0.481 e. The highest BCUT2D eigenvalue weighted by Crippen LogP contribution is 2.44. The smallest absolute Gasteiger partial charge is 0.303 e. The number of carboxylic acid groups (broad SMARTS) is 1. The number of nitrogens with zero attached hydrogens (tertiary/aromatic N) is 3. The van der Waals surface area contributed by atoms with Gasteiger partial charge in [0.05, 0.1) is 22.4 Å². The summed E-state index contributed by atoms with van der Waals surface area (Å²) in [5, 5.41) is 9.02. The topological polar surface area (TPSA) is 83.4 Å². The molecule has 0 saturated carbocycles. The summed E-state index contributed by atoms with van der Waals surface area (Å²) in [6.45, 7) is 1.52. The molecule has 2 aliphatic rings. The minimum atomic E-state index is -0.786. The van der Waals surface area contributed by atoms with Crippen molar-refractivity contribution < 1.29 is 14.7 Å². The van der Waals surface area contributed by atoms with Gasteiger partial charge in [-0.05, 0) is 74.3 Å². The van der Waals surface area contributed by atoms with Crippen LogP contribution in [0.2, 0.25) is 0 Å². The Hall–Kier alpha value is -4.06. The van der Waals surface area contributed by atoms with Crippen LogP contribution in [-0.2, 0) is 23.1 Å². The SMILES string of the molecule is O=C(O)CCCCc1nc2cc(C(=O)N3CCC4(CCCc5ccccc54)C3)ccc2nc1-c1ccccc1. The van der Waals surface area contributed by atoms with E-state index in [1.54, 1.807) is 0 Å². The van der Waals surface area contributed by atoms with E-state index >= 15 is 0 Å². The van der Waals surface area contributed by atoms with E-state index in [-0.39, 0.29) is 17.7 Å². The molecule has 6 rings (SSSR count). The second kappa shape index (κ2) is 10.6. The van der Waals surface area contributed by atoms with Gasteiger partial charge in [0.1, 0.15) is 0 Å². The van der Waals surface area contributed by atoms with E-state index in [4.69, 9.17) is 15.1 Å². The van der Waals surface area contributed by atoms with Crippen LogP contribution in [0.15, 0.2) is 72.8 Å². The van der Waals surface area contributed by atoms with E-state index in [1.165, 1.54) is 17.5 Å². The van der Waals surface area contributed by atoms with Crippen LogP contribution in [0.4, 0.5) is 0 Å². The third-order valence-electron chi connectivity index (χ3n) is 8.42. The van der Waals surface area contributed by atoms with Crippen molar-refractivity contribution in [3.63, 3.8) is 0 Å². The summed E-state index contributed by atoms with van der Waals surface area (Å²) < 4.78 is 0. The summed E-state index contributed by atoms with van der Waals surface area (Å²) in [6.07, 6.45) is 6.50. The van der Waals surface area contributed by atoms with E-state index in [0.717, 1.165) is 54.8 Å². The summed E-state index contributed by atoms with van der Waals surface area (Å²) in [7, 11) is 0. The number of likely N-dealkylation sites (tertiary alicyclic amines) is 1. The molecule has 4 aromatic rings. The molecule has 1 N–H and O–H groups in total. The second-order valence-electron chi connectivity index (χ2n) is 11.0. The lowest BCUT2D eigenvalue weighted by atomic mass is 9.69. The summed E-state index contributed by atoms with van der Waals surface area (Å²) >= 11 is 0. The average Bonchev–Trinajstić information content (AvgIpc) is 3.39. The maximum absolute atomic E-state index is 13.7. The van der Waals surface area contributed by atoms with Gasteiger partial charge in [-0.1, -0.05) is 54.6 Å². The largest absolute Gasteiger partial charge is 0.481 e. The van der Waals surface area contributed by atoms with E-state index in [0.29, 0.717) is 30.3 Å². The first-order chi connectivity index (χ1) is 19.0. The van der Waals surface area contributed by atoms with Gasteiger partial charge in [0, 0.05) is 36.1 Å². The Labute approximate surface area is 228 Å². The predicted octanol–water partition coefficient (Wildman–Crippen LogP) is 6.21. The number of hydrogen-bond acceptors (Lipinski definition) is 4. The molecule has 1 spiro atoms. The molecular formula is C33H33N3O3. The zero-order chi connectivity index (χ0) is 26.8. The molecule has 1 amide bonds. The van der Waals surface area contributed by atoms with E-state index in [9.17, 15) is 9.59 Å². The predicted molar refractivity (Wildman–Crippen MR) is 152 cm³/mol. The van der Waals surface area contributed by atoms with Crippen LogP contribution in [0.3, 0.4) is 0 Å². The first kappa shape index (κ1) is 25.2. The minimum absolute atomic E-state index is 0.0498. The summed E-state index contributed by atoms with van der Waals surface area (Å²) in [5.41, 5.74) is 7.65. The number of aliphatic carboxylic acids is 1. The average molecular weight is 520 g/mol. The van der Waals surface area contributed by atoms with Crippen LogP contribution >= 0.6 is 0 Å². The molecule has 1 aliphatic heterocycles. The molecule has 6 heteroatoms. The molecule has 1 fully saturated rings. The fraction of sp³-hybridized carbons (Fsp3) is 0.333. The molecule has 0 bridgehead atoms. The molecule has 3 aromatic carbocycles. The van der Waals surface area contributed by atoms with Crippen molar-refractivity contribution in [1.82, 2.24) is 14.9 Å². The van der Waals surface area contributed by atoms with Crippen LogP contribution in [0.5, 0.6) is 0 Å². The van der Waals surface area contributed by atoms with Gasteiger partial charge in [0.2, 0.25) is 0 Å². The van der Waals surface area contributed by atoms with Gasteiger partial charge in [-0.15, -0.1) is 0 Å². The zero-order valence-corrected chi connectivity index (χ0v) is 22.1. The highest BCUT2D eigenvalue weighted by molar-refractivity contribution is 5.97. The van der Waals surface area contributed by atoms with E-state index < -0.39 is 5.97 Å². The maximum atomic E-state index is 13.7. The Bertz CT molecular complexity index is 1530. The van der Waals surface area contributed by atoms with Crippen molar-refractivity contribution in [2.45, 2.75) is 56.8 Å². The number of carbonyl (C=O) groups is 2. The standard InChI is InChI=1S/C33H33N3O3/c37-30(38)15-7-6-14-28-31(24-10-2-1-3-11-24)35-27-17-16-25(21-29(27)34-28)32(39)36-20-19-33(22-36)18-8-12-23-9-4-5-13-26(23)33/h1-5,9-11,13,16-17,21H,6-8,12,14-15,18-20,22H2,(H,37,38). The number of carbonyl (C=O) groups excluding carboxylic acids is 1. The van der Waals surface area contributed by atoms with E-state index in [2.05, 4.69) is 24.3 Å². The summed E-state index contributed by atoms with van der Waals surface area (Å²) in [6, 6.07) is 24.4. The molecule has 6 nitrogen and oxygen atoms in total. The number of aromatic nitrogens is 2. The zero-order valence-electron chi connectivity index (χ0n) is 22.1. The number of benzene rings is 3. The molecule has 0 radical (unpaired) electrons. The lowest BCUT2D eigenvalue weighted by Crippen LogP contribution is -2.36. The summed E-state index contributed by atoms with van der Waals surface area (Å²) in [4.78, 5) is 36.6. The van der Waals surface area contributed by atoms with Gasteiger partial charge in [-0.2, -0.15) is 0 Å². The van der Waals surface area contributed by atoms with Crippen molar-refractivity contribution in [1.29, 1.82) is 0 Å². The summed E-state index contributed by atoms with van der Waals surface area (Å²) in [5.74, 6) is -0.736. The molecule has 2 heterocycles. The number of carboxylic acids is 1. The number of unbranched alkanes of at least 4 members (excludes halogenated alkanes) is 1. The van der Waals surface area contributed by atoms with Crippen molar-refractivity contribution in [3.8, 4) is 11.3 Å². The molecule has 1 unspecified atom stereocenters. The van der Waals surface area contributed by atoms with Gasteiger partial charge in [0.25, 0.3) is 5.91 Å². The highest BCUT2D eigenvalue weighted by atomic mass is 16.4. The van der Waals surface area contributed by atoms with Gasteiger partial charge in [-0.3, -0.25) is 9.59 Å². The van der Waals surface area contributed by atoms with Crippen LogP contribution in [0.25, 0.3) is 22.3 Å². The Morgan fingerprint density at radius 2 is 1.72 bits per heavy atom. The molecular weight excluding hydrogens is 486 g/mol. The van der Waals surface area contributed by atoms with Crippen LogP contribution in [-0.4, -0.2) is 44.9 Å². The van der Waals surface area contributed by atoms with Gasteiger partial charge >= 0.3 is 5.97 Å². The van der Waals surface area contributed by atoms with Crippen LogP contribution in [0, 0.1) is 0 Å². The lowest BCUT2D eigenvalue weighted by Gasteiger charge is -2.35. The van der Waals surface area contributed by atoms with Crippen molar-refractivity contribution >= 4 is 22.9 Å². The highest BCUT2D eigenvalue weighted by Gasteiger charge is 2.43. The quantitative estimate of drug-likeness (QED) is 0.293. The van der Waals surface area contributed by atoms with Gasteiger partial charge < -0.3 is 10.0 Å². The van der Waals surface area contributed by atoms with Crippen molar-refractivity contribution in [3.05, 3.63) is 95.2 Å². The number of rotatable bonds is 7. The molecule has 1 atom stereocenters. The van der Waals surface area contributed by atoms with Crippen molar-refractivity contribution in [2.24, 2.45) is 0 Å². The maximum Gasteiger partial charge on any atom is 0.303 e. The molecule has 1 aromatic heterocycles. The van der Waals surface area contributed by atoms with E-state index in [1.807, 2.05) is 53.4 Å². The fourth-order valence-corrected chi connectivity index (χ4v) is 6.45. The molecule has 1 aliphatic carbocycles. The van der Waals surface area contributed by atoms with Crippen LogP contribution in [0.1, 0.15) is 65.7 Å². The van der Waals surface area contributed by atoms with Crippen LogP contribution < -0.4 is 0 Å². The lowest BCUT2D eigenvalue weighted by molar-refractivity contribution is -0.137.